The third-order valence-corrected chi connectivity index (χ3v) is 14.0. The lowest BCUT2D eigenvalue weighted by Crippen LogP contribution is -2.01. The molecule has 0 aliphatic rings. The number of para-hydroxylation sites is 5. The van der Waals surface area contributed by atoms with Crippen LogP contribution in [0.4, 0.5) is 0 Å². The fourth-order valence-corrected chi connectivity index (χ4v) is 10.9. The molecular formula is C63H37N5O2. The highest BCUT2D eigenvalue weighted by molar-refractivity contribution is 6.15. The summed E-state index contributed by atoms with van der Waals surface area (Å²) in [7, 11) is 0. The van der Waals surface area contributed by atoms with Crippen LogP contribution in [0.2, 0.25) is 0 Å². The summed E-state index contributed by atoms with van der Waals surface area (Å²) in [6.07, 6.45) is 0. The molecule has 0 bridgehead atoms. The molecule has 0 aliphatic heterocycles. The minimum Gasteiger partial charge on any atom is -0.456 e. The number of hydrogen-bond donors (Lipinski definition) is 0. The third kappa shape index (κ3) is 5.79. The van der Waals surface area contributed by atoms with Crippen molar-refractivity contribution in [1.82, 2.24) is 24.1 Å². The summed E-state index contributed by atoms with van der Waals surface area (Å²) >= 11 is 0. The van der Waals surface area contributed by atoms with Gasteiger partial charge < -0.3 is 18.0 Å². The van der Waals surface area contributed by atoms with Crippen LogP contribution < -0.4 is 0 Å². The zero-order valence-electron chi connectivity index (χ0n) is 37.4. The molecule has 0 N–H and O–H groups in total. The zero-order chi connectivity index (χ0) is 45.9. The van der Waals surface area contributed by atoms with Gasteiger partial charge in [-0.25, -0.2) is 15.0 Å². The summed E-state index contributed by atoms with van der Waals surface area (Å²) in [4.78, 5) is 15.9. The van der Waals surface area contributed by atoms with E-state index in [0.717, 1.165) is 94.1 Å². The molecule has 0 amide bonds. The smallest absolute Gasteiger partial charge is 0.167 e. The second-order valence-corrected chi connectivity index (χ2v) is 17.9. The lowest BCUT2D eigenvalue weighted by Gasteiger charge is -2.11. The number of benzene rings is 10. The molecule has 7 nitrogen and oxygen atoms in total. The van der Waals surface area contributed by atoms with Crippen LogP contribution >= 0.6 is 0 Å². The van der Waals surface area contributed by atoms with E-state index in [-0.39, 0.29) is 0 Å². The van der Waals surface area contributed by atoms with Gasteiger partial charge in [0.15, 0.2) is 17.5 Å². The van der Waals surface area contributed by atoms with Crippen LogP contribution in [0.3, 0.4) is 0 Å². The maximum Gasteiger partial charge on any atom is 0.167 e. The van der Waals surface area contributed by atoms with E-state index in [4.69, 9.17) is 23.8 Å². The summed E-state index contributed by atoms with van der Waals surface area (Å²) < 4.78 is 18.0. The normalized spacial score (nSPS) is 12.0. The van der Waals surface area contributed by atoms with Gasteiger partial charge in [0.05, 0.1) is 27.6 Å². The number of rotatable bonds is 6. The molecule has 5 heterocycles. The third-order valence-electron chi connectivity index (χ3n) is 14.0. The van der Waals surface area contributed by atoms with Crippen molar-refractivity contribution in [2.45, 2.75) is 0 Å². The molecule has 0 aliphatic carbocycles. The maximum absolute atomic E-state index is 6.68. The van der Waals surface area contributed by atoms with Crippen molar-refractivity contribution in [3.05, 3.63) is 224 Å². The van der Waals surface area contributed by atoms with E-state index in [0.29, 0.717) is 17.5 Å². The number of nitrogens with zero attached hydrogens (tertiary/aromatic N) is 5. The van der Waals surface area contributed by atoms with Crippen molar-refractivity contribution in [2.24, 2.45) is 0 Å². The van der Waals surface area contributed by atoms with Gasteiger partial charge in [-0.15, -0.1) is 0 Å². The molecular weight excluding hydrogens is 859 g/mol. The largest absolute Gasteiger partial charge is 0.456 e. The molecule has 70 heavy (non-hydrogen) atoms. The second-order valence-electron chi connectivity index (χ2n) is 17.9. The van der Waals surface area contributed by atoms with Crippen LogP contribution in [-0.2, 0) is 0 Å². The maximum atomic E-state index is 6.68. The molecule has 0 unspecified atom stereocenters. The Morgan fingerprint density at radius 3 is 1.54 bits per heavy atom. The number of fused-ring (bicyclic) bond motifs is 12. The molecule has 15 rings (SSSR count). The molecule has 0 fully saturated rings. The van der Waals surface area contributed by atoms with Gasteiger partial charge in [-0.2, -0.15) is 0 Å². The van der Waals surface area contributed by atoms with Crippen LogP contribution in [0.15, 0.2) is 233 Å². The van der Waals surface area contributed by atoms with Crippen LogP contribution in [0.25, 0.3) is 144 Å². The Bertz CT molecular complexity index is 4560. The van der Waals surface area contributed by atoms with Gasteiger partial charge in [-0.05, 0) is 90.0 Å². The first-order chi connectivity index (χ1) is 34.7. The van der Waals surface area contributed by atoms with Crippen molar-refractivity contribution in [2.75, 3.05) is 0 Å². The van der Waals surface area contributed by atoms with Gasteiger partial charge in [-0.3, -0.25) is 0 Å². The lowest BCUT2D eigenvalue weighted by atomic mass is 10.0. The van der Waals surface area contributed by atoms with Crippen molar-refractivity contribution in [1.29, 1.82) is 0 Å². The molecule has 0 spiro atoms. The van der Waals surface area contributed by atoms with Gasteiger partial charge in [0.25, 0.3) is 0 Å². The second kappa shape index (κ2) is 15.0. The van der Waals surface area contributed by atoms with E-state index in [9.17, 15) is 0 Å². The minimum absolute atomic E-state index is 0.519. The Balaban J connectivity index is 0.934. The van der Waals surface area contributed by atoms with E-state index in [1.54, 1.807) is 0 Å². The highest BCUT2D eigenvalue weighted by Crippen LogP contribution is 2.42. The van der Waals surface area contributed by atoms with Crippen LogP contribution in [0.5, 0.6) is 0 Å². The SMILES string of the molecule is c1ccc(-c2cccc(-c3nc(-c4cccc5c4oc4ccccc45)nc(-c4cccc5oc6ccc(-n7c8ccccc8c8cc(-n9c%10ccccc%10c%10ccccc%109)ccc87)cc6c45)n3)c2)cc1. The molecule has 0 saturated heterocycles. The van der Waals surface area contributed by atoms with Crippen LogP contribution in [0, 0.1) is 0 Å². The van der Waals surface area contributed by atoms with Crippen LogP contribution in [0.1, 0.15) is 0 Å². The van der Waals surface area contributed by atoms with E-state index < -0.39 is 0 Å². The Morgan fingerprint density at radius 2 is 0.786 bits per heavy atom. The van der Waals surface area contributed by atoms with Crippen molar-refractivity contribution < 1.29 is 8.83 Å². The van der Waals surface area contributed by atoms with Crippen molar-refractivity contribution in [3.63, 3.8) is 0 Å². The predicted octanol–water partition coefficient (Wildman–Crippen LogP) is 16.5. The number of furan rings is 2. The summed E-state index contributed by atoms with van der Waals surface area (Å²) in [5.74, 6) is 1.61. The Labute approximate surface area is 399 Å². The Hall–Kier alpha value is -9.59. The molecule has 0 atom stereocenters. The first kappa shape index (κ1) is 38.5. The predicted molar refractivity (Wildman–Crippen MR) is 285 cm³/mol. The first-order valence-corrected chi connectivity index (χ1v) is 23.5. The molecule has 15 aromatic rings. The molecule has 326 valence electrons. The van der Waals surface area contributed by atoms with Crippen molar-refractivity contribution in [3.8, 4) is 56.7 Å². The van der Waals surface area contributed by atoms with Gasteiger partial charge in [0, 0.05) is 65.6 Å². The van der Waals surface area contributed by atoms with Gasteiger partial charge in [0.2, 0.25) is 0 Å². The highest BCUT2D eigenvalue weighted by atomic mass is 16.3. The minimum atomic E-state index is 0.519. The molecule has 5 aromatic heterocycles. The van der Waals surface area contributed by atoms with E-state index in [1.165, 1.54) is 32.6 Å². The fourth-order valence-electron chi connectivity index (χ4n) is 10.9. The van der Waals surface area contributed by atoms with Gasteiger partial charge >= 0.3 is 0 Å². The number of hydrogen-bond acceptors (Lipinski definition) is 5. The zero-order valence-corrected chi connectivity index (χ0v) is 37.4. The summed E-state index contributed by atoms with van der Waals surface area (Å²) in [5, 5.41) is 8.78. The molecule has 7 heteroatoms. The highest BCUT2D eigenvalue weighted by Gasteiger charge is 2.22. The monoisotopic (exact) mass is 895 g/mol. The van der Waals surface area contributed by atoms with E-state index in [2.05, 4.69) is 185 Å². The van der Waals surface area contributed by atoms with Gasteiger partial charge in [0.1, 0.15) is 22.3 Å². The standard InChI is InChI=1S/C63H37N5O2/c1-2-15-38(16-3-1)39-17-12-18-40(35-39)61-64-62(66-63(65-61)49-25-13-23-47-46-22-7-11-29-56(46)70-60(47)49)48-24-14-30-58-59(48)51-37-42(32-34-57(51)69-58)68-54-28-10-6-21-45(54)50-36-41(31-33-55(50)68)67-52-26-8-4-19-43(52)44-20-5-9-27-53(44)67/h1-37H. The van der Waals surface area contributed by atoms with Crippen molar-refractivity contribution >= 4 is 87.5 Å². The average Bonchev–Trinajstić information content (AvgIpc) is 4.18. The summed E-state index contributed by atoms with van der Waals surface area (Å²) in [6.45, 7) is 0. The molecule has 0 saturated carbocycles. The number of aromatic nitrogens is 5. The molecule has 10 aromatic carbocycles. The fraction of sp³-hybridized carbons (Fsp3) is 0. The van der Waals surface area contributed by atoms with Gasteiger partial charge in [-0.1, -0.05) is 146 Å². The Morgan fingerprint density at radius 1 is 0.286 bits per heavy atom. The summed E-state index contributed by atoms with van der Waals surface area (Å²) in [5.41, 5.74) is 14.5. The lowest BCUT2D eigenvalue weighted by molar-refractivity contribution is 0.668. The van der Waals surface area contributed by atoms with Crippen LogP contribution in [-0.4, -0.2) is 24.1 Å². The van der Waals surface area contributed by atoms with E-state index in [1.807, 2.05) is 48.5 Å². The summed E-state index contributed by atoms with van der Waals surface area (Å²) in [6, 6.07) is 78.6. The van der Waals surface area contributed by atoms with E-state index >= 15 is 0 Å². The topological polar surface area (TPSA) is 74.8 Å². The Kier molecular flexibility index (Phi) is 8.23. The first-order valence-electron chi connectivity index (χ1n) is 23.5. The average molecular weight is 896 g/mol. The quantitative estimate of drug-likeness (QED) is 0.166. The molecule has 0 radical (unpaired) electrons.